The van der Waals surface area contributed by atoms with Gasteiger partial charge in [0.25, 0.3) is 5.56 Å². The van der Waals surface area contributed by atoms with Gasteiger partial charge in [-0.1, -0.05) is 6.07 Å². The van der Waals surface area contributed by atoms with Crippen LogP contribution in [0.15, 0.2) is 41.7 Å². The third-order valence-electron chi connectivity index (χ3n) is 3.52. The molecule has 0 amide bonds. The Kier molecular flexibility index (Phi) is 3.46. The molecule has 0 saturated carbocycles. The van der Waals surface area contributed by atoms with Crippen LogP contribution in [-0.4, -0.2) is 24.9 Å². The Morgan fingerprint density at radius 1 is 1.36 bits per heavy atom. The van der Waals surface area contributed by atoms with Crippen molar-refractivity contribution in [1.29, 1.82) is 0 Å². The third kappa shape index (κ3) is 2.37. The van der Waals surface area contributed by atoms with Crippen LogP contribution in [0, 0.1) is 6.92 Å². The monoisotopic (exact) mass is 297 g/mol. The smallest absolute Gasteiger partial charge is 0.286 e. The van der Waals surface area contributed by atoms with E-state index in [2.05, 4.69) is 20.3 Å². The van der Waals surface area contributed by atoms with E-state index in [1.54, 1.807) is 19.3 Å². The van der Waals surface area contributed by atoms with Gasteiger partial charge in [0.1, 0.15) is 6.33 Å². The maximum absolute atomic E-state index is 11.9. The van der Waals surface area contributed by atoms with Gasteiger partial charge >= 0.3 is 0 Å². The molecule has 0 aliphatic heterocycles. The first-order chi connectivity index (χ1) is 10.6. The van der Waals surface area contributed by atoms with Crippen molar-refractivity contribution in [3.8, 4) is 0 Å². The Hall–Kier alpha value is -2.96. The molecule has 0 radical (unpaired) electrons. The van der Waals surface area contributed by atoms with Gasteiger partial charge in [-0.3, -0.25) is 9.78 Å². The summed E-state index contributed by atoms with van der Waals surface area (Å²) in [4.78, 5) is 24.1. The van der Waals surface area contributed by atoms with Crippen LogP contribution in [0.1, 0.15) is 24.2 Å². The molecule has 0 bridgehead atoms. The number of hydrogen-bond acceptors (Lipinski definition) is 6. The summed E-state index contributed by atoms with van der Waals surface area (Å²) in [5.41, 5.74) is 1.87. The highest BCUT2D eigenvalue weighted by atomic mass is 16.5. The minimum atomic E-state index is -0.550. The first-order valence-electron chi connectivity index (χ1n) is 6.81. The van der Waals surface area contributed by atoms with Gasteiger partial charge in [0, 0.05) is 18.5 Å². The maximum atomic E-state index is 11.9. The van der Waals surface area contributed by atoms with E-state index in [1.807, 2.05) is 19.1 Å². The molecule has 3 heterocycles. The van der Waals surface area contributed by atoms with Gasteiger partial charge in [0.05, 0.1) is 22.8 Å². The molecule has 7 heteroatoms. The van der Waals surface area contributed by atoms with E-state index < -0.39 is 5.56 Å². The van der Waals surface area contributed by atoms with Crippen molar-refractivity contribution in [2.75, 3.05) is 5.32 Å². The summed E-state index contributed by atoms with van der Waals surface area (Å²) < 4.78 is 0.532. The van der Waals surface area contributed by atoms with Crippen molar-refractivity contribution < 1.29 is 5.21 Å². The van der Waals surface area contributed by atoms with Gasteiger partial charge in [-0.05, 0) is 25.5 Å². The number of nitrogens with zero attached hydrogens (tertiary/aromatic N) is 4. The second-order valence-corrected chi connectivity index (χ2v) is 5.02. The number of nitrogens with one attached hydrogen (secondary N) is 1. The minimum Gasteiger partial charge on any atom is -0.423 e. The molecule has 0 fully saturated rings. The molecule has 1 atom stereocenters. The molecule has 0 aliphatic carbocycles. The summed E-state index contributed by atoms with van der Waals surface area (Å²) in [6, 6.07) is 5.08. The largest absolute Gasteiger partial charge is 0.423 e. The summed E-state index contributed by atoms with van der Waals surface area (Å²) >= 11 is 0. The topological polar surface area (TPSA) is 92.9 Å². The molecule has 3 aromatic heterocycles. The van der Waals surface area contributed by atoms with Gasteiger partial charge < -0.3 is 10.5 Å². The van der Waals surface area contributed by atoms with Gasteiger partial charge in [-0.2, -0.15) is 0 Å². The molecule has 112 valence electrons. The average Bonchev–Trinajstić information content (AvgIpc) is 2.53. The van der Waals surface area contributed by atoms with Crippen LogP contribution < -0.4 is 10.9 Å². The summed E-state index contributed by atoms with van der Waals surface area (Å²) in [6.07, 6.45) is 4.78. The molecular weight excluding hydrogens is 282 g/mol. The number of fused-ring (bicyclic) bond motifs is 1. The lowest BCUT2D eigenvalue weighted by molar-refractivity contribution is 0.186. The fourth-order valence-corrected chi connectivity index (χ4v) is 2.36. The quantitative estimate of drug-likeness (QED) is 0.717. The summed E-state index contributed by atoms with van der Waals surface area (Å²) in [5, 5.41) is 13.7. The van der Waals surface area contributed by atoms with Gasteiger partial charge in [0.2, 0.25) is 0 Å². The molecule has 0 saturated heterocycles. The van der Waals surface area contributed by atoms with Crippen LogP contribution >= 0.6 is 0 Å². The average molecular weight is 297 g/mol. The number of hydrogen-bond donors (Lipinski definition) is 2. The third-order valence-corrected chi connectivity index (χ3v) is 3.52. The lowest BCUT2D eigenvalue weighted by Crippen LogP contribution is -2.20. The zero-order chi connectivity index (χ0) is 15.7. The number of aromatic nitrogens is 4. The van der Waals surface area contributed by atoms with Crippen molar-refractivity contribution in [2.45, 2.75) is 19.9 Å². The first-order valence-corrected chi connectivity index (χ1v) is 6.81. The van der Waals surface area contributed by atoms with E-state index in [9.17, 15) is 10.0 Å². The molecule has 0 aliphatic rings. The van der Waals surface area contributed by atoms with Crippen LogP contribution in [-0.2, 0) is 0 Å². The summed E-state index contributed by atoms with van der Waals surface area (Å²) in [6.45, 7) is 3.76. The summed E-state index contributed by atoms with van der Waals surface area (Å²) in [7, 11) is 0. The lowest BCUT2D eigenvalue weighted by atomic mass is 10.1. The van der Waals surface area contributed by atoms with Crippen LogP contribution in [0.5, 0.6) is 0 Å². The van der Waals surface area contributed by atoms with Crippen molar-refractivity contribution in [3.63, 3.8) is 0 Å². The van der Waals surface area contributed by atoms with E-state index in [1.165, 1.54) is 12.4 Å². The molecule has 7 nitrogen and oxygen atoms in total. The molecule has 1 unspecified atom stereocenters. The van der Waals surface area contributed by atoms with Gasteiger partial charge in [0.15, 0.2) is 5.65 Å². The summed E-state index contributed by atoms with van der Waals surface area (Å²) in [5.74, 6) is 0. The van der Waals surface area contributed by atoms with E-state index in [0.29, 0.717) is 21.5 Å². The molecule has 2 N–H and O–H groups in total. The molecule has 3 aromatic rings. The predicted molar refractivity (Wildman–Crippen MR) is 82.0 cm³/mol. The molecule has 3 rings (SSSR count). The Bertz CT molecular complexity index is 876. The Labute approximate surface area is 126 Å². The molecule has 0 aromatic carbocycles. The highest BCUT2D eigenvalue weighted by Gasteiger charge is 2.14. The first kappa shape index (κ1) is 14.0. The van der Waals surface area contributed by atoms with Crippen molar-refractivity contribution in [2.24, 2.45) is 0 Å². The predicted octanol–water partition coefficient (Wildman–Crippen LogP) is 1.91. The van der Waals surface area contributed by atoms with Crippen LogP contribution in [0.4, 0.5) is 5.69 Å². The maximum Gasteiger partial charge on any atom is 0.286 e. The Morgan fingerprint density at radius 3 is 2.91 bits per heavy atom. The number of pyridine rings is 2. The zero-order valence-corrected chi connectivity index (χ0v) is 12.2. The van der Waals surface area contributed by atoms with E-state index in [0.717, 1.165) is 5.56 Å². The minimum absolute atomic E-state index is 0.0644. The highest BCUT2D eigenvalue weighted by Crippen LogP contribution is 2.25. The fourth-order valence-electron chi connectivity index (χ4n) is 2.36. The fraction of sp³-hybridized carbons (Fsp3) is 0.200. The number of aryl methyl sites for hydroxylation is 1. The number of rotatable bonds is 3. The van der Waals surface area contributed by atoms with E-state index in [4.69, 9.17) is 0 Å². The molecule has 0 spiro atoms. The van der Waals surface area contributed by atoms with Crippen LogP contribution in [0.2, 0.25) is 0 Å². The number of anilines is 1. The van der Waals surface area contributed by atoms with Crippen molar-refractivity contribution in [3.05, 3.63) is 58.5 Å². The van der Waals surface area contributed by atoms with E-state index in [-0.39, 0.29) is 11.7 Å². The van der Waals surface area contributed by atoms with Crippen LogP contribution in [0.25, 0.3) is 11.0 Å². The van der Waals surface area contributed by atoms with Crippen molar-refractivity contribution >= 4 is 16.7 Å². The second-order valence-electron chi connectivity index (χ2n) is 5.02. The standard InChI is InChI=1S/C15H15N5O2/c1-9(11-4-3-5-16-7-11)19-12-6-13(21)20(22)15-14(12)10(2)17-8-18-15/h3-9,19,22H,1-2H3. The normalized spacial score (nSPS) is 12.3. The second kappa shape index (κ2) is 5.44. The zero-order valence-electron chi connectivity index (χ0n) is 12.2. The molecule has 22 heavy (non-hydrogen) atoms. The Morgan fingerprint density at radius 2 is 2.18 bits per heavy atom. The van der Waals surface area contributed by atoms with Gasteiger partial charge in [-0.15, -0.1) is 4.73 Å². The highest BCUT2D eigenvalue weighted by molar-refractivity contribution is 5.90. The van der Waals surface area contributed by atoms with Crippen molar-refractivity contribution in [1.82, 2.24) is 19.7 Å². The van der Waals surface area contributed by atoms with Gasteiger partial charge in [-0.25, -0.2) is 9.97 Å². The molecular formula is C15H15N5O2. The SMILES string of the molecule is Cc1ncnc2c1c(NC(C)c1cccnc1)cc(=O)n2O. The van der Waals surface area contributed by atoms with E-state index >= 15 is 0 Å². The van der Waals surface area contributed by atoms with Crippen LogP contribution in [0.3, 0.4) is 0 Å². The Balaban J connectivity index is 2.11. The lowest BCUT2D eigenvalue weighted by Gasteiger charge is -2.17.